The Hall–Kier alpha value is -3.80. The maximum absolute atomic E-state index is 12.4. The fourth-order valence-electron chi connectivity index (χ4n) is 3.19. The lowest BCUT2D eigenvalue weighted by Gasteiger charge is -2.23. The Kier molecular flexibility index (Phi) is 5.94. The van der Waals surface area contributed by atoms with Crippen molar-refractivity contribution in [1.82, 2.24) is 0 Å². The van der Waals surface area contributed by atoms with Crippen molar-refractivity contribution in [1.29, 1.82) is 0 Å². The van der Waals surface area contributed by atoms with E-state index in [1.807, 2.05) is 60.7 Å². The Labute approximate surface area is 174 Å². The van der Waals surface area contributed by atoms with Crippen LogP contribution in [0.1, 0.15) is 5.56 Å². The summed E-state index contributed by atoms with van der Waals surface area (Å²) in [5.74, 6) is 0.623. The molecule has 1 N–H and O–H groups in total. The molecule has 0 saturated carbocycles. The summed E-state index contributed by atoms with van der Waals surface area (Å²) in [6, 6.07) is 23.9. The molecule has 0 spiro atoms. The van der Waals surface area contributed by atoms with Gasteiger partial charge in [0.05, 0.1) is 11.6 Å². The molecule has 0 aliphatic carbocycles. The number of carbonyl (C=O) groups is 2. The van der Waals surface area contributed by atoms with Gasteiger partial charge in [0.15, 0.2) is 12.4 Å². The number of ether oxygens (including phenoxy) is 3. The molecule has 4 rings (SSSR count). The molecule has 0 aromatic heterocycles. The monoisotopic (exact) mass is 403 g/mol. The van der Waals surface area contributed by atoms with Gasteiger partial charge >= 0.3 is 5.97 Å². The summed E-state index contributed by atoms with van der Waals surface area (Å²) >= 11 is 0. The van der Waals surface area contributed by atoms with Crippen LogP contribution in [0.4, 0.5) is 5.69 Å². The average molecular weight is 403 g/mol. The highest BCUT2D eigenvalue weighted by Gasteiger charge is 2.27. The first-order valence-corrected chi connectivity index (χ1v) is 9.68. The summed E-state index contributed by atoms with van der Waals surface area (Å²) in [4.78, 5) is 24.7. The van der Waals surface area contributed by atoms with E-state index in [-0.39, 0.29) is 13.2 Å². The highest BCUT2D eigenvalue weighted by molar-refractivity contribution is 5.94. The molecular weight excluding hydrogens is 382 g/mol. The molecule has 0 saturated heterocycles. The summed E-state index contributed by atoms with van der Waals surface area (Å²) in [5.41, 5.74) is 1.46. The van der Waals surface area contributed by atoms with Crippen LogP contribution in [0.3, 0.4) is 0 Å². The molecule has 3 aromatic carbocycles. The van der Waals surface area contributed by atoms with Gasteiger partial charge in [0.25, 0.3) is 5.91 Å². The normalized spacial score (nSPS) is 14.7. The van der Waals surface area contributed by atoms with E-state index in [0.717, 1.165) is 11.3 Å². The smallest absolute Gasteiger partial charge is 0.313 e. The molecule has 3 aromatic rings. The summed E-state index contributed by atoms with van der Waals surface area (Å²) < 4.78 is 16.7. The van der Waals surface area contributed by atoms with Crippen LogP contribution >= 0.6 is 0 Å². The highest BCUT2D eigenvalue weighted by Crippen LogP contribution is 2.29. The lowest BCUT2D eigenvalue weighted by Crippen LogP contribution is -2.31. The number of carbonyl (C=O) groups excluding carboxylic acids is 2. The molecule has 0 fully saturated rings. The van der Waals surface area contributed by atoms with Crippen LogP contribution in [0.2, 0.25) is 0 Å². The predicted molar refractivity (Wildman–Crippen MR) is 112 cm³/mol. The van der Waals surface area contributed by atoms with Crippen LogP contribution in [-0.2, 0) is 20.7 Å². The number of esters is 1. The van der Waals surface area contributed by atoms with Crippen molar-refractivity contribution in [2.24, 2.45) is 5.92 Å². The summed E-state index contributed by atoms with van der Waals surface area (Å²) in [6.45, 7) is -0.137. The summed E-state index contributed by atoms with van der Waals surface area (Å²) in [7, 11) is 0. The van der Waals surface area contributed by atoms with E-state index in [1.165, 1.54) is 0 Å². The van der Waals surface area contributed by atoms with Gasteiger partial charge in [0.2, 0.25) is 0 Å². The topological polar surface area (TPSA) is 73.9 Å². The van der Waals surface area contributed by atoms with Crippen molar-refractivity contribution in [3.8, 4) is 17.2 Å². The van der Waals surface area contributed by atoms with Gasteiger partial charge in [0, 0.05) is 0 Å². The quantitative estimate of drug-likeness (QED) is 0.624. The zero-order chi connectivity index (χ0) is 20.8. The third-order valence-corrected chi connectivity index (χ3v) is 4.69. The molecule has 0 bridgehead atoms. The van der Waals surface area contributed by atoms with E-state index in [9.17, 15) is 9.59 Å². The lowest BCUT2D eigenvalue weighted by atomic mass is 9.97. The number of hydrogen-bond acceptors (Lipinski definition) is 5. The Morgan fingerprint density at radius 2 is 1.67 bits per heavy atom. The molecule has 6 heteroatoms. The van der Waals surface area contributed by atoms with Crippen LogP contribution in [0.15, 0.2) is 78.9 Å². The van der Waals surface area contributed by atoms with Crippen LogP contribution in [-0.4, -0.2) is 25.1 Å². The SMILES string of the molecule is O=C(COC(=O)C1COc2ccccc2C1)Nc1ccccc1Oc1ccccc1. The molecule has 6 nitrogen and oxygen atoms in total. The number of amides is 1. The van der Waals surface area contributed by atoms with E-state index in [0.29, 0.717) is 23.6 Å². The first-order valence-electron chi connectivity index (χ1n) is 9.68. The largest absolute Gasteiger partial charge is 0.492 e. The molecular formula is C24H21NO5. The van der Waals surface area contributed by atoms with E-state index in [2.05, 4.69) is 5.32 Å². The second-order valence-electron chi connectivity index (χ2n) is 6.89. The third-order valence-electron chi connectivity index (χ3n) is 4.69. The van der Waals surface area contributed by atoms with E-state index < -0.39 is 17.8 Å². The van der Waals surface area contributed by atoms with Gasteiger partial charge in [-0.3, -0.25) is 9.59 Å². The second kappa shape index (κ2) is 9.13. The first-order chi connectivity index (χ1) is 14.7. The molecule has 30 heavy (non-hydrogen) atoms. The van der Waals surface area contributed by atoms with Crippen LogP contribution in [0.25, 0.3) is 0 Å². The molecule has 1 aliphatic heterocycles. The fourth-order valence-corrected chi connectivity index (χ4v) is 3.19. The van der Waals surface area contributed by atoms with Crippen LogP contribution in [0, 0.1) is 5.92 Å². The summed E-state index contributed by atoms with van der Waals surface area (Å²) in [5, 5.41) is 2.73. The fraction of sp³-hybridized carbons (Fsp3) is 0.167. The van der Waals surface area contributed by atoms with Gasteiger partial charge in [-0.1, -0.05) is 48.5 Å². The van der Waals surface area contributed by atoms with Gasteiger partial charge in [-0.25, -0.2) is 0 Å². The van der Waals surface area contributed by atoms with Crippen molar-refractivity contribution in [2.45, 2.75) is 6.42 Å². The Morgan fingerprint density at radius 1 is 0.933 bits per heavy atom. The highest BCUT2D eigenvalue weighted by atomic mass is 16.5. The Morgan fingerprint density at radius 3 is 2.53 bits per heavy atom. The zero-order valence-electron chi connectivity index (χ0n) is 16.2. The van der Waals surface area contributed by atoms with Crippen molar-refractivity contribution in [2.75, 3.05) is 18.5 Å². The molecule has 1 atom stereocenters. The van der Waals surface area contributed by atoms with Crippen molar-refractivity contribution < 1.29 is 23.8 Å². The number of fused-ring (bicyclic) bond motifs is 1. The van der Waals surface area contributed by atoms with E-state index in [4.69, 9.17) is 14.2 Å². The van der Waals surface area contributed by atoms with E-state index >= 15 is 0 Å². The van der Waals surface area contributed by atoms with Crippen molar-refractivity contribution in [3.05, 3.63) is 84.4 Å². The predicted octanol–water partition coefficient (Wildman–Crippen LogP) is 4.21. The molecule has 1 unspecified atom stereocenters. The number of anilines is 1. The molecule has 1 amide bonds. The maximum Gasteiger partial charge on any atom is 0.313 e. The lowest BCUT2D eigenvalue weighted by molar-refractivity contribution is -0.152. The Bertz CT molecular complexity index is 1030. The van der Waals surface area contributed by atoms with Crippen molar-refractivity contribution in [3.63, 3.8) is 0 Å². The first kappa shape index (κ1) is 19.5. The van der Waals surface area contributed by atoms with Crippen LogP contribution < -0.4 is 14.8 Å². The molecule has 1 aliphatic rings. The standard InChI is InChI=1S/C24H21NO5/c26-23(16-29-24(27)18-14-17-8-4-6-12-21(17)28-15-18)25-20-11-5-7-13-22(20)30-19-9-2-1-3-10-19/h1-13,18H,14-16H2,(H,25,26). The minimum absolute atomic E-state index is 0.241. The molecule has 152 valence electrons. The zero-order valence-corrected chi connectivity index (χ0v) is 16.2. The van der Waals surface area contributed by atoms with Gasteiger partial charge in [-0.2, -0.15) is 0 Å². The van der Waals surface area contributed by atoms with Crippen LogP contribution in [0.5, 0.6) is 17.2 Å². The number of hydrogen-bond donors (Lipinski definition) is 1. The average Bonchev–Trinajstić information content (AvgIpc) is 2.79. The van der Waals surface area contributed by atoms with Gasteiger partial charge in [-0.05, 0) is 42.3 Å². The Balaban J connectivity index is 1.32. The second-order valence-corrected chi connectivity index (χ2v) is 6.89. The van der Waals surface area contributed by atoms with E-state index in [1.54, 1.807) is 18.2 Å². The number of nitrogens with one attached hydrogen (secondary N) is 1. The number of para-hydroxylation sites is 4. The molecule has 0 radical (unpaired) electrons. The van der Waals surface area contributed by atoms with Gasteiger partial charge < -0.3 is 19.5 Å². The summed E-state index contributed by atoms with van der Waals surface area (Å²) in [6.07, 6.45) is 0.532. The van der Waals surface area contributed by atoms with Crippen molar-refractivity contribution >= 4 is 17.6 Å². The minimum atomic E-state index is -0.450. The number of benzene rings is 3. The maximum atomic E-state index is 12.4. The molecule has 1 heterocycles. The van der Waals surface area contributed by atoms with Gasteiger partial charge in [0.1, 0.15) is 18.1 Å². The van der Waals surface area contributed by atoms with Gasteiger partial charge in [-0.15, -0.1) is 0 Å². The number of rotatable bonds is 6. The third kappa shape index (κ3) is 4.78. The minimum Gasteiger partial charge on any atom is -0.492 e.